The maximum absolute atomic E-state index is 13.6. The molecular weight excluding hydrogens is 611 g/mol. The van der Waals surface area contributed by atoms with Crippen molar-refractivity contribution in [2.45, 2.75) is 81.8 Å². The Morgan fingerprint density at radius 2 is 1.93 bits per heavy atom. The van der Waals surface area contributed by atoms with E-state index in [1.54, 1.807) is 13.1 Å². The number of halogens is 5. The Labute approximate surface area is 253 Å². The predicted molar refractivity (Wildman–Crippen MR) is 143 cm³/mol. The van der Waals surface area contributed by atoms with E-state index in [4.69, 9.17) is 14.4 Å². The van der Waals surface area contributed by atoms with Gasteiger partial charge in [-0.05, 0) is 44.9 Å². The quantitative estimate of drug-likeness (QED) is 0.454. The van der Waals surface area contributed by atoms with Gasteiger partial charge in [0.15, 0.2) is 5.71 Å². The molecule has 6 rings (SSSR count). The van der Waals surface area contributed by atoms with Crippen molar-refractivity contribution in [3.05, 3.63) is 23.8 Å². The Morgan fingerprint density at radius 3 is 2.60 bits per heavy atom. The zero-order chi connectivity index (χ0) is 31.9. The lowest BCUT2D eigenvalue weighted by Gasteiger charge is -2.38. The van der Waals surface area contributed by atoms with Gasteiger partial charge in [0.2, 0.25) is 0 Å². The van der Waals surface area contributed by atoms with Gasteiger partial charge in [-0.3, -0.25) is 14.5 Å². The van der Waals surface area contributed by atoms with E-state index in [-0.39, 0.29) is 69.3 Å². The highest BCUT2D eigenvalue weighted by molar-refractivity contribution is 6.40. The highest BCUT2D eigenvalue weighted by Gasteiger charge is 2.44. The maximum atomic E-state index is 13.6. The Bertz CT molecular complexity index is 1440. The van der Waals surface area contributed by atoms with Crippen LogP contribution in [0.2, 0.25) is 0 Å². The van der Waals surface area contributed by atoms with E-state index >= 15 is 0 Å². The second-order valence-corrected chi connectivity index (χ2v) is 11.9. The molecule has 18 heteroatoms. The van der Waals surface area contributed by atoms with E-state index < -0.39 is 67.1 Å². The summed E-state index contributed by atoms with van der Waals surface area (Å²) in [7, 11) is 0. The van der Waals surface area contributed by atoms with Crippen molar-refractivity contribution in [2.75, 3.05) is 26.4 Å². The number of ether oxygens (including phenoxy) is 2. The van der Waals surface area contributed by atoms with Crippen molar-refractivity contribution < 1.29 is 46.0 Å². The molecule has 246 valence electrons. The number of nitrogens with one attached hydrogen (secondary N) is 2. The predicted octanol–water partition coefficient (Wildman–Crippen LogP) is 2.64. The summed E-state index contributed by atoms with van der Waals surface area (Å²) >= 11 is 0. The van der Waals surface area contributed by atoms with E-state index in [1.807, 2.05) is 0 Å². The second kappa shape index (κ2) is 12.4. The average molecular weight is 645 g/mol. The van der Waals surface area contributed by atoms with Crippen molar-refractivity contribution in [1.82, 2.24) is 35.3 Å². The molecule has 5 heterocycles. The maximum Gasteiger partial charge on any atom is 0.391 e. The summed E-state index contributed by atoms with van der Waals surface area (Å²) in [5.74, 6) is -5.60. The fraction of sp³-hybridized carbons (Fsp3) is 0.704. The molecule has 2 N–H and O–H groups in total. The van der Waals surface area contributed by atoms with Crippen LogP contribution in [0.3, 0.4) is 0 Å². The molecule has 0 bridgehead atoms. The summed E-state index contributed by atoms with van der Waals surface area (Å²) in [4.78, 5) is 41.9. The van der Waals surface area contributed by atoms with Crippen molar-refractivity contribution in [3.8, 4) is 0 Å². The van der Waals surface area contributed by atoms with Crippen LogP contribution in [-0.4, -0.2) is 92.6 Å². The average Bonchev–Trinajstić information content (AvgIpc) is 3.64. The van der Waals surface area contributed by atoms with Crippen molar-refractivity contribution in [2.24, 2.45) is 17.0 Å². The van der Waals surface area contributed by atoms with Crippen LogP contribution in [0.1, 0.15) is 68.9 Å². The molecule has 1 aliphatic carbocycles. The summed E-state index contributed by atoms with van der Waals surface area (Å²) < 4.78 is 79.5. The van der Waals surface area contributed by atoms with E-state index in [0.717, 1.165) is 0 Å². The minimum atomic E-state index is -4.29. The first-order chi connectivity index (χ1) is 21.4. The summed E-state index contributed by atoms with van der Waals surface area (Å²) in [6, 6.07) is -1.96. The lowest BCUT2D eigenvalue weighted by Crippen LogP contribution is -2.50. The Balaban J connectivity index is 1.24. The number of carbonyl (C=O) groups is 2. The molecule has 1 saturated carbocycles. The number of amides is 2. The number of rotatable bonds is 6. The Hall–Kier alpha value is -3.51. The molecule has 3 fully saturated rings. The standard InChI is InChI=1S/C27H33F5N8O5/c1-14-21(38-45-37-14)23(41)36-22(15-2-4-16(5-3-15)27(30,31)32)18-11-40-25(35-18)34-17(10-33-40)19-12-43-9-8-39(19)24(42)20-6-7-26(28,29)13-44-20/h10-11,14-16,19-20,22,37H,2-9,12-13H2,1H3,(H,36,41). The van der Waals surface area contributed by atoms with E-state index in [9.17, 15) is 31.5 Å². The number of hydrogen-bond acceptors (Lipinski definition) is 10. The number of fused-ring (bicyclic) bond motifs is 1. The number of aromatic nitrogens is 4. The van der Waals surface area contributed by atoms with Gasteiger partial charge in [-0.2, -0.15) is 18.3 Å². The van der Waals surface area contributed by atoms with Gasteiger partial charge in [-0.25, -0.2) is 23.3 Å². The summed E-state index contributed by atoms with van der Waals surface area (Å²) in [6.07, 6.45) is -2.62. The Kier molecular flexibility index (Phi) is 8.64. The summed E-state index contributed by atoms with van der Waals surface area (Å²) in [6.45, 7) is 1.38. The van der Waals surface area contributed by atoms with Gasteiger partial charge < -0.3 is 19.7 Å². The molecule has 2 aromatic heterocycles. The van der Waals surface area contributed by atoms with Crippen LogP contribution >= 0.6 is 0 Å². The summed E-state index contributed by atoms with van der Waals surface area (Å²) in [5, 5.41) is 11.0. The number of hydrogen-bond donors (Lipinski definition) is 2. The molecule has 13 nitrogen and oxygen atoms in total. The minimum Gasteiger partial charge on any atom is -0.377 e. The van der Waals surface area contributed by atoms with Gasteiger partial charge in [0.05, 0.1) is 61.0 Å². The fourth-order valence-corrected chi connectivity index (χ4v) is 6.28. The van der Waals surface area contributed by atoms with Gasteiger partial charge in [0, 0.05) is 13.0 Å². The molecule has 4 atom stereocenters. The molecule has 2 aromatic rings. The largest absolute Gasteiger partial charge is 0.391 e. The van der Waals surface area contributed by atoms with Crippen LogP contribution in [0.15, 0.2) is 17.5 Å². The van der Waals surface area contributed by atoms with Crippen LogP contribution in [0.25, 0.3) is 5.78 Å². The Morgan fingerprint density at radius 1 is 1.16 bits per heavy atom. The monoisotopic (exact) mass is 644 g/mol. The van der Waals surface area contributed by atoms with Gasteiger partial charge in [-0.15, -0.1) is 5.48 Å². The minimum absolute atomic E-state index is 0.0789. The fourth-order valence-electron chi connectivity index (χ4n) is 6.28. The number of nitrogens with zero attached hydrogens (tertiary/aromatic N) is 6. The third-order valence-corrected chi connectivity index (χ3v) is 8.86. The normalized spacial score (nSPS) is 29.6. The van der Waals surface area contributed by atoms with E-state index in [0.29, 0.717) is 11.4 Å². The number of morpholine rings is 1. The smallest absolute Gasteiger partial charge is 0.377 e. The third kappa shape index (κ3) is 6.72. The van der Waals surface area contributed by atoms with Crippen LogP contribution in [-0.2, 0) is 24.0 Å². The molecule has 0 aromatic carbocycles. The first-order valence-electron chi connectivity index (χ1n) is 14.9. The van der Waals surface area contributed by atoms with E-state index in [2.05, 4.69) is 31.0 Å². The molecule has 45 heavy (non-hydrogen) atoms. The highest BCUT2D eigenvalue weighted by Crippen LogP contribution is 2.43. The molecular formula is C27H33F5N8O5. The van der Waals surface area contributed by atoms with Crippen molar-refractivity contribution in [3.63, 3.8) is 0 Å². The molecule has 0 radical (unpaired) electrons. The number of alkyl halides is 5. The van der Waals surface area contributed by atoms with E-state index in [1.165, 1.54) is 15.6 Å². The van der Waals surface area contributed by atoms with Crippen molar-refractivity contribution in [1.29, 1.82) is 0 Å². The van der Waals surface area contributed by atoms with Gasteiger partial charge >= 0.3 is 6.18 Å². The van der Waals surface area contributed by atoms with Crippen LogP contribution in [0.4, 0.5) is 22.0 Å². The lowest BCUT2D eigenvalue weighted by atomic mass is 9.77. The topological polar surface area (TPSA) is 145 Å². The molecule has 4 unspecified atom stereocenters. The number of oxime groups is 1. The lowest BCUT2D eigenvalue weighted by molar-refractivity contribution is -0.184. The SMILES string of the molecule is CC1NON=C1C(=O)NC(c1cn2ncc(C3COCCN3C(=O)C3CCC(F)(F)CO3)nc2n1)C1CCC(C(F)(F)F)CC1. The molecule has 3 aliphatic heterocycles. The van der Waals surface area contributed by atoms with Gasteiger partial charge in [0.25, 0.3) is 23.5 Å². The second-order valence-electron chi connectivity index (χ2n) is 11.9. The van der Waals surface area contributed by atoms with Gasteiger partial charge in [-0.1, -0.05) is 5.16 Å². The van der Waals surface area contributed by atoms with Crippen LogP contribution in [0, 0.1) is 11.8 Å². The number of carbonyl (C=O) groups excluding carboxylic acids is 2. The first-order valence-corrected chi connectivity index (χ1v) is 14.9. The number of hydroxylamine groups is 1. The molecule has 0 spiro atoms. The molecule has 2 saturated heterocycles. The summed E-state index contributed by atoms with van der Waals surface area (Å²) in [5.41, 5.74) is 3.33. The molecule has 4 aliphatic rings. The van der Waals surface area contributed by atoms with Gasteiger partial charge in [0.1, 0.15) is 12.7 Å². The molecule has 2 amide bonds. The highest BCUT2D eigenvalue weighted by atomic mass is 19.4. The number of imidazole rings is 1. The van der Waals surface area contributed by atoms with Crippen molar-refractivity contribution >= 4 is 23.3 Å². The zero-order valence-corrected chi connectivity index (χ0v) is 24.3. The van der Waals surface area contributed by atoms with Crippen LogP contribution in [0.5, 0.6) is 0 Å². The van der Waals surface area contributed by atoms with Crippen LogP contribution < -0.4 is 10.8 Å². The first kappa shape index (κ1) is 31.5. The zero-order valence-electron chi connectivity index (χ0n) is 24.3. The third-order valence-electron chi connectivity index (χ3n) is 8.86.